The number of fused-ring (bicyclic) bond motifs is 1. The van der Waals surface area contributed by atoms with E-state index in [4.69, 9.17) is 4.74 Å². The van der Waals surface area contributed by atoms with E-state index in [2.05, 4.69) is 10.3 Å². The lowest BCUT2D eigenvalue weighted by molar-refractivity contribution is -0.150. The van der Waals surface area contributed by atoms with Crippen molar-refractivity contribution in [3.05, 3.63) is 14.1 Å². The van der Waals surface area contributed by atoms with E-state index >= 15 is 0 Å². The Bertz CT molecular complexity index is 605. The Balaban J connectivity index is 1.65. The van der Waals surface area contributed by atoms with Crippen molar-refractivity contribution in [2.75, 3.05) is 13.1 Å². The summed E-state index contributed by atoms with van der Waals surface area (Å²) in [6, 6.07) is -0.946. The highest BCUT2D eigenvalue weighted by molar-refractivity contribution is 14.1. The number of halogens is 1. The predicted octanol–water partition coefficient (Wildman–Crippen LogP) is 0.394. The van der Waals surface area contributed by atoms with Crippen molar-refractivity contribution in [1.82, 2.24) is 15.2 Å². The Morgan fingerprint density at radius 1 is 1.52 bits per heavy atom. The maximum atomic E-state index is 12.2. The highest BCUT2D eigenvalue weighted by Crippen LogP contribution is 2.21. The van der Waals surface area contributed by atoms with E-state index in [0.29, 0.717) is 16.1 Å². The van der Waals surface area contributed by atoms with Crippen molar-refractivity contribution in [3.8, 4) is 0 Å². The van der Waals surface area contributed by atoms with Crippen LogP contribution in [-0.4, -0.2) is 52.9 Å². The number of rotatable bonds is 2. The van der Waals surface area contributed by atoms with E-state index in [9.17, 15) is 14.4 Å². The Morgan fingerprint density at radius 2 is 2.33 bits per heavy atom. The maximum Gasteiger partial charge on any atom is 0.365 e. The lowest BCUT2D eigenvalue weighted by Crippen LogP contribution is -2.61. The van der Waals surface area contributed by atoms with Crippen molar-refractivity contribution in [3.63, 3.8) is 0 Å². The minimum atomic E-state index is -1.10. The number of carbonyl (C=O) groups is 3. The molecule has 3 heterocycles. The molecule has 2 fully saturated rings. The fraction of sp³-hybridized carbons (Fsp3) is 0.500. The lowest BCUT2D eigenvalue weighted by Gasteiger charge is -2.34. The Morgan fingerprint density at radius 3 is 3.05 bits per heavy atom. The number of thiazole rings is 1. The topological polar surface area (TPSA) is 88.6 Å². The van der Waals surface area contributed by atoms with Gasteiger partial charge in [-0.15, -0.1) is 11.3 Å². The maximum absolute atomic E-state index is 12.2. The van der Waals surface area contributed by atoms with E-state index in [1.54, 1.807) is 4.90 Å². The lowest BCUT2D eigenvalue weighted by atomic mass is 10.1. The first kappa shape index (κ1) is 14.9. The molecule has 21 heavy (non-hydrogen) atoms. The van der Waals surface area contributed by atoms with Crippen LogP contribution in [0.3, 0.4) is 0 Å². The average Bonchev–Trinajstić information content (AvgIpc) is 3.07. The highest BCUT2D eigenvalue weighted by atomic mass is 127. The van der Waals surface area contributed by atoms with Crippen LogP contribution in [0.2, 0.25) is 0 Å². The van der Waals surface area contributed by atoms with Crippen LogP contribution in [0.4, 0.5) is 0 Å². The molecule has 9 heteroatoms. The second-order valence-electron chi connectivity index (χ2n) is 4.86. The van der Waals surface area contributed by atoms with Crippen LogP contribution in [0.1, 0.15) is 23.3 Å². The van der Waals surface area contributed by atoms with Crippen molar-refractivity contribution >= 4 is 51.8 Å². The summed E-state index contributed by atoms with van der Waals surface area (Å²) in [5.74, 6) is -2.00. The number of aromatic nitrogens is 1. The first-order valence-electron chi connectivity index (χ1n) is 6.47. The number of piperazine rings is 1. The number of nitrogens with one attached hydrogen (secondary N) is 1. The van der Waals surface area contributed by atoms with Crippen molar-refractivity contribution in [2.45, 2.75) is 24.9 Å². The quantitative estimate of drug-likeness (QED) is 0.423. The zero-order valence-electron chi connectivity index (χ0n) is 10.9. The predicted molar refractivity (Wildman–Crippen MR) is 81.8 cm³/mol. The molecule has 1 N–H and O–H groups in total. The zero-order chi connectivity index (χ0) is 15.0. The van der Waals surface area contributed by atoms with Crippen molar-refractivity contribution in [1.29, 1.82) is 0 Å². The number of hydrogen-bond donors (Lipinski definition) is 1. The Labute approximate surface area is 138 Å². The summed E-state index contributed by atoms with van der Waals surface area (Å²) in [5, 5.41) is 4.38. The van der Waals surface area contributed by atoms with Crippen LogP contribution in [0.15, 0.2) is 5.38 Å². The second kappa shape index (κ2) is 5.97. The van der Waals surface area contributed by atoms with E-state index < -0.39 is 18.0 Å². The molecule has 0 aliphatic carbocycles. The molecule has 3 rings (SSSR count). The third kappa shape index (κ3) is 2.94. The monoisotopic (exact) mass is 421 g/mol. The first-order valence-corrected chi connectivity index (χ1v) is 8.43. The van der Waals surface area contributed by atoms with E-state index in [0.717, 1.165) is 12.8 Å². The van der Waals surface area contributed by atoms with Gasteiger partial charge in [0.05, 0.1) is 0 Å². The summed E-state index contributed by atoms with van der Waals surface area (Å²) in [6.07, 6.45) is 1.88. The summed E-state index contributed by atoms with van der Waals surface area (Å²) in [4.78, 5) is 41.6. The van der Waals surface area contributed by atoms with Crippen LogP contribution >= 0.6 is 33.9 Å². The van der Waals surface area contributed by atoms with Crippen LogP contribution < -0.4 is 5.32 Å². The highest BCUT2D eigenvalue weighted by Gasteiger charge is 2.42. The molecule has 0 spiro atoms. The normalized spacial score (nSPS) is 24.8. The summed E-state index contributed by atoms with van der Waals surface area (Å²) in [5.41, 5.74) is 0.0834. The first-order chi connectivity index (χ1) is 10.1. The number of carbonyl (C=O) groups excluding carboxylic acids is 3. The number of esters is 2. The molecular weight excluding hydrogens is 409 g/mol. The minimum Gasteiger partial charge on any atom is -0.387 e. The molecule has 7 nitrogen and oxygen atoms in total. The van der Waals surface area contributed by atoms with Gasteiger partial charge in [-0.25, -0.2) is 14.6 Å². The van der Waals surface area contributed by atoms with Gasteiger partial charge < -0.3 is 9.64 Å². The van der Waals surface area contributed by atoms with Gasteiger partial charge in [-0.2, -0.15) is 0 Å². The molecule has 1 aromatic heterocycles. The summed E-state index contributed by atoms with van der Waals surface area (Å²) < 4.78 is 5.44. The molecule has 1 amide bonds. The number of ether oxygens (including phenoxy) is 1. The third-order valence-electron chi connectivity index (χ3n) is 3.58. The minimum absolute atomic E-state index is 0.0834. The van der Waals surface area contributed by atoms with E-state index in [1.807, 2.05) is 22.6 Å². The molecule has 2 saturated heterocycles. The fourth-order valence-corrected chi connectivity index (χ4v) is 3.73. The molecule has 0 saturated carbocycles. The van der Waals surface area contributed by atoms with Gasteiger partial charge in [-0.1, -0.05) is 0 Å². The molecule has 2 aliphatic rings. The molecule has 0 aromatic carbocycles. The standard InChI is InChI=1S/C12H12IN3O4S/c13-12-15-7(5-21-12)10(18)20-11(19)8-9(17)16-3-1-2-6(16)4-14-8/h5-6,8,14H,1-4H2/t6-,8-/m0/s1. The third-order valence-corrected chi connectivity index (χ3v) is 5.21. The molecule has 0 unspecified atom stereocenters. The van der Waals surface area contributed by atoms with Crippen LogP contribution in [0, 0.1) is 3.01 Å². The van der Waals surface area contributed by atoms with Gasteiger partial charge in [-0.05, 0) is 35.4 Å². The largest absolute Gasteiger partial charge is 0.387 e. The molecule has 2 atom stereocenters. The molecule has 1 aromatic rings. The van der Waals surface area contributed by atoms with Crippen LogP contribution in [0.5, 0.6) is 0 Å². The van der Waals surface area contributed by atoms with Crippen LogP contribution in [-0.2, 0) is 14.3 Å². The molecular formula is C12H12IN3O4S. The fourth-order valence-electron chi connectivity index (χ4n) is 2.58. The second-order valence-corrected chi connectivity index (χ2v) is 7.48. The smallest absolute Gasteiger partial charge is 0.365 e. The number of hydrogen-bond acceptors (Lipinski definition) is 7. The van der Waals surface area contributed by atoms with Crippen molar-refractivity contribution < 1.29 is 19.1 Å². The van der Waals surface area contributed by atoms with Gasteiger partial charge in [0.15, 0.2) is 14.8 Å². The SMILES string of the molecule is O=C(OC(=O)[C@H]1NC[C@@H]2CCCN2C1=O)c1csc(I)n1. The summed E-state index contributed by atoms with van der Waals surface area (Å²) in [6.45, 7) is 1.21. The van der Waals surface area contributed by atoms with Crippen molar-refractivity contribution in [2.24, 2.45) is 0 Å². The average molecular weight is 421 g/mol. The summed E-state index contributed by atoms with van der Waals surface area (Å²) in [7, 11) is 0. The van der Waals surface area contributed by atoms with E-state index in [1.165, 1.54) is 16.7 Å². The van der Waals surface area contributed by atoms with Gasteiger partial charge >= 0.3 is 11.9 Å². The van der Waals surface area contributed by atoms with Gasteiger partial charge in [0, 0.05) is 24.5 Å². The van der Waals surface area contributed by atoms with Crippen LogP contribution in [0.25, 0.3) is 0 Å². The molecule has 0 radical (unpaired) electrons. The van der Waals surface area contributed by atoms with E-state index in [-0.39, 0.29) is 17.6 Å². The van der Waals surface area contributed by atoms with Gasteiger partial charge in [-0.3, -0.25) is 10.1 Å². The van der Waals surface area contributed by atoms with Gasteiger partial charge in [0.25, 0.3) is 5.91 Å². The summed E-state index contributed by atoms with van der Waals surface area (Å²) >= 11 is 3.25. The number of nitrogens with zero attached hydrogens (tertiary/aromatic N) is 2. The zero-order valence-corrected chi connectivity index (χ0v) is 13.8. The number of amides is 1. The Hall–Kier alpha value is -1.07. The molecule has 0 bridgehead atoms. The molecule has 2 aliphatic heterocycles. The molecule has 112 valence electrons. The Kier molecular flexibility index (Phi) is 4.22. The van der Waals surface area contributed by atoms with Gasteiger partial charge in [0.2, 0.25) is 0 Å². The van der Waals surface area contributed by atoms with Gasteiger partial charge in [0.1, 0.15) is 0 Å².